The molecule has 0 saturated carbocycles. The normalized spacial score (nSPS) is 17.8. The minimum absolute atomic E-state index is 0. The number of hydrogen-bond acceptors (Lipinski definition) is 4. The second-order valence-corrected chi connectivity index (χ2v) is 7.94. The van der Waals surface area contributed by atoms with Crippen molar-refractivity contribution >= 4 is 42.1 Å². The number of nitrogens with two attached hydrogens (primary N) is 1. The smallest absolute Gasteiger partial charge is 0.230 e. The SMILES string of the molecule is CCC(CC)(CN)C(=O)N1CCCC(c2nc(C(C)C)cs2)C1.Cl.Cl. The molecule has 0 bridgehead atoms. The van der Waals surface area contributed by atoms with Crippen LogP contribution in [0.25, 0.3) is 0 Å². The molecule has 0 spiro atoms. The molecule has 1 unspecified atom stereocenters. The van der Waals surface area contributed by atoms with Gasteiger partial charge in [-0.15, -0.1) is 36.2 Å². The Labute approximate surface area is 168 Å². The van der Waals surface area contributed by atoms with Crippen LogP contribution in [0.4, 0.5) is 0 Å². The monoisotopic (exact) mass is 409 g/mol. The average Bonchev–Trinajstić information content (AvgIpc) is 3.07. The van der Waals surface area contributed by atoms with Gasteiger partial charge in [-0.1, -0.05) is 27.7 Å². The number of nitrogens with zero attached hydrogens (tertiary/aromatic N) is 2. The number of amides is 1. The summed E-state index contributed by atoms with van der Waals surface area (Å²) in [5.74, 6) is 1.09. The van der Waals surface area contributed by atoms with E-state index in [-0.39, 0.29) is 36.1 Å². The number of halogens is 2. The fourth-order valence-electron chi connectivity index (χ4n) is 3.38. The quantitative estimate of drug-likeness (QED) is 0.747. The molecule has 1 atom stereocenters. The Morgan fingerprint density at radius 2 is 2.04 bits per heavy atom. The maximum atomic E-state index is 13.0. The first-order valence-corrected chi connectivity index (χ1v) is 9.80. The average molecular weight is 410 g/mol. The molecule has 0 aromatic carbocycles. The minimum atomic E-state index is -0.381. The lowest BCUT2D eigenvalue weighted by atomic mass is 9.80. The molecule has 2 rings (SSSR count). The first-order chi connectivity index (χ1) is 11.0. The number of aromatic nitrogens is 1. The Balaban J connectivity index is 0.00000288. The zero-order valence-electron chi connectivity index (χ0n) is 15.8. The first kappa shape index (κ1) is 24.6. The van der Waals surface area contributed by atoms with Crippen molar-refractivity contribution in [1.82, 2.24) is 9.88 Å². The summed E-state index contributed by atoms with van der Waals surface area (Å²) in [7, 11) is 0. The van der Waals surface area contributed by atoms with E-state index in [2.05, 4.69) is 33.1 Å². The van der Waals surface area contributed by atoms with Gasteiger partial charge in [-0.2, -0.15) is 0 Å². The van der Waals surface area contributed by atoms with Crippen molar-refractivity contribution in [2.24, 2.45) is 11.1 Å². The van der Waals surface area contributed by atoms with Crippen LogP contribution in [0.3, 0.4) is 0 Å². The van der Waals surface area contributed by atoms with E-state index in [9.17, 15) is 4.79 Å². The minimum Gasteiger partial charge on any atom is -0.341 e. The van der Waals surface area contributed by atoms with Gasteiger partial charge < -0.3 is 10.6 Å². The topological polar surface area (TPSA) is 59.2 Å². The molecule has 1 aliphatic heterocycles. The Morgan fingerprint density at radius 1 is 1.40 bits per heavy atom. The van der Waals surface area contributed by atoms with Gasteiger partial charge in [0.25, 0.3) is 0 Å². The summed E-state index contributed by atoms with van der Waals surface area (Å²) in [4.78, 5) is 19.9. The van der Waals surface area contributed by atoms with Crippen molar-refractivity contribution in [2.75, 3.05) is 19.6 Å². The van der Waals surface area contributed by atoms with Crippen LogP contribution in [0.2, 0.25) is 0 Å². The molecule has 0 aliphatic carbocycles. The number of hydrogen-bond donors (Lipinski definition) is 1. The third-order valence-corrected chi connectivity index (χ3v) is 6.41. The molecule has 25 heavy (non-hydrogen) atoms. The summed E-state index contributed by atoms with van der Waals surface area (Å²) >= 11 is 1.75. The standard InChI is InChI=1S/C18H31N3OS.2ClH/c1-5-18(6-2,12-19)17(22)21-9-7-8-14(10-21)16-20-15(11-23-16)13(3)4;;/h11,13-14H,5-10,12,19H2,1-4H3;2*1H. The Morgan fingerprint density at radius 3 is 2.52 bits per heavy atom. The van der Waals surface area contributed by atoms with Crippen LogP contribution in [-0.2, 0) is 4.79 Å². The Bertz CT molecular complexity index is 524. The van der Waals surface area contributed by atoms with Crippen LogP contribution in [0.15, 0.2) is 5.38 Å². The predicted octanol–water partition coefficient (Wildman–Crippen LogP) is 4.58. The number of carbonyl (C=O) groups excluding carboxylic acids is 1. The predicted molar refractivity (Wildman–Crippen MR) is 111 cm³/mol. The van der Waals surface area contributed by atoms with Gasteiger partial charge in [0.15, 0.2) is 0 Å². The van der Waals surface area contributed by atoms with Crippen molar-refractivity contribution < 1.29 is 4.79 Å². The lowest BCUT2D eigenvalue weighted by Crippen LogP contribution is -2.50. The van der Waals surface area contributed by atoms with Crippen LogP contribution in [0.1, 0.15) is 75.9 Å². The maximum absolute atomic E-state index is 13.0. The molecule has 7 heteroatoms. The summed E-state index contributed by atoms with van der Waals surface area (Å²) in [6.45, 7) is 10.6. The van der Waals surface area contributed by atoms with Gasteiger partial charge in [0.05, 0.1) is 16.1 Å². The summed E-state index contributed by atoms with van der Waals surface area (Å²) in [6, 6.07) is 0. The van der Waals surface area contributed by atoms with Crippen molar-refractivity contribution in [3.05, 3.63) is 16.1 Å². The zero-order chi connectivity index (χ0) is 17.0. The van der Waals surface area contributed by atoms with Gasteiger partial charge in [0.2, 0.25) is 5.91 Å². The molecular weight excluding hydrogens is 377 g/mol. The molecule has 0 radical (unpaired) electrons. The molecule has 2 heterocycles. The van der Waals surface area contributed by atoms with Gasteiger partial charge >= 0.3 is 0 Å². The van der Waals surface area contributed by atoms with E-state index in [4.69, 9.17) is 10.7 Å². The molecule has 1 aliphatic rings. The lowest BCUT2D eigenvalue weighted by molar-refractivity contribution is -0.143. The van der Waals surface area contributed by atoms with Crippen LogP contribution in [0.5, 0.6) is 0 Å². The fraction of sp³-hybridized carbons (Fsp3) is 0.778. The molecule has 146 valence electrons. The van der Waals surface area contributed by atoms with Gasteiger partial charge in [0, 0.05) is 30.9 Å². The second kappa shape index (κ2) is 10.7. The number of carbonyl (C=O) groups is 1. The van der Waals surface area contributed by atoms with Crippen molar-refractivity contribution in [1.29, 1.82) is 0 Å². The largest absolute Gasteiger partial charge is 0.341 e. The number of piperidine rings is 1. The van der Waals surface area contributed by atoms with E-state index >= 15 is 0 Å². The molecule has 1 aromatic heterocycles. The van der Waals surface area contributed by atoms with Crippen LogP contribution in [-0.4, -0.2) is 35.4 Å². The molecule has 1 amide bonds. The lowest BCUT2D eigenvalue weighted by Gasteiger charge is -2.39. The summed E-state index contributed by atoms with van der Waals surface area (Å²) < 4.78 is 0. The third kappa shape index (κ3) is 5.31. The van der Waals surface area contributed by atoms with Crippen LogP contribution in [0, 0.1) is 5.41 Å². The molecule has 4 nitrogen and oxygen atoms in total. The van der Waals surface area contributed by atoms with Crippen molar-refractivity contribution in [2.45, 2.75) is 65.2 Å². The zero-order valence-corrected chi connectivity index (χ0v) is 18.2. The number of thiazole rings is 1. The van der Waals surface area contributed by atoms with Crippen molar-refractivity contribution in [3.63, 3.8) is 0 Å². The van der Waals surface area contributed by atoms with E-state index in [1.54, 1.807) is 11.3 Å². The Hall–Kier alpha value is -0.360. The van der Waals surface area contributed by atoms with Gasteiger partial charge in [-0.05, 0) is 31.6 Å². The van der Waals surface area contributed by atoms with Crippen LogP contribution >= 0.6 is 36.2 Å². The summed E-state index contributed by atoms with van der Waals surface area (Å²) in [5, 5.41) is 3.36. The highest BCUT2D eigenvalue weighted by atomic mass is 35.5. The van der Waals surface area contributed by atoms with E-state index in [0.29, 0.717) is 18.4 Å². The van der Waals surface area contributed by atoms with E-state index in [0.717, 1.165) is 38.8 Å². The summed E-state index contributed by atoms with van der Waals surface area (Å²) in [5.41, 5.74) is 6.75. The van der Waals surface area contributed by atoms with Crippen molar-refractivity contribution in [3.8, 4) is 0 Å². The summed E-state index contributed by atoms with van der Waals surface area (Å²) in [6.07, 6.45) is 3.81. The van der Waals surface area contributed by atoms with E-state index in [1.165, 1.54) is 10.7 Å². The molecule has 2 N–H and O–H groups in total. The fourth-order valence-corrected chi connectivity index (χ4v) is 4.49. The molecule has 1 fully saturated rings. The molecular formula is C18H33Cl2N3OS. The second-order valence-electron chi connectivity index (χ2n) is 7.05. The first-order valence-electron chi connectivity index (χ1n) is 8.92. The van der Waals surface area contributed by atoms with Gasteiger partial charge in [0.1, 0.15) is 0 Å². The van der Waals surface area contributed by atoms with Gasteiger partial charge in [-0.25, -0.2) is 4.98 Å². The Kier molecular flexibility index (Phi) is 10.6. The highest BCUT2D eigenvalue weighted by Gasteiger charge is 2.39. The number of likely N-dealkylation sites (tertiary alicyclic amines) is 1. The van der Waals surface area contributed by atoms with Crippen LogP contribution < -0.4 is 5.73 Å². The van der Waals surface area contributed by atoms with Gasteiger partial charge in [-0.3, -0.25) is 4.79 Å². The number of rotatable bonds is 6. The molecule has 1 aromatic rings. The third-order valence-electron chi connectivity index (χ3n) is 5.39. The maximum Gasteiger partial charge on any atom is 0.230 e. The molecule has 1 saturated heterocycles. The van der Waals surface area contributed by atoms with E-state index in [1.807, 2.05) is 4.90 Å². The highest BCUT2D eigenvalue weighted by Crippen LogP contribution is 2.34. The highest BCUT2D eigenvalue weighted by molar-refractivity contribution is 7.09. The van der Waals surface area contributed by atoms with E-state index < -0.39 is 0 Å².